The van der Waals surface area contributed by atoms with Crippen LogP contribution in [0.15, 0.2) is 18.2 Å². The maximum Gasteiger partial charge on any atom is 0.224 e. The summed E-state index contributed by atoms with van der Waals surface area (Å²) in [5.41, 5.74) is 1.51. The summed E-state index contributed by atoms with van der Waals surface area (Å²) in [5.74, 6) is -0.0300. The highest BCUT2D eigenvalue weighted by atomic mass is 35.5. The molecule has 0 bridgehead atoms. The van der Waals surface area contributed by atoms with Crippen molar-refractivity contribution in [2.75, 3.05) is 17.2 Å². The molecule has 0 aliphatic carbocycles. The largest absolute Gasteiger partial charge is 0.383 e. The van der Waals surface area contributed by atoms with E-state index < -0.39 is 0 Å². The minimum atomic E-state index is -0.0300. The van der Waals surface area contributed by atoms with E-state index in [2.05, 4.69) is 30.6 Å². The molecular weight excluding hydrogens is 286 g/mol. The predicted molar refractivity (Wildman–Crippen MR) is 87.5 cm³/mol. The van der Waals surface area contributed by atoms with Gasteiger partial charge in [-0.15, -0.1) is 0 Å². The van der Waals surface area contributed by atoms with Gasteiger partial charge < -0.3 is 10.6 Å². The van der Waals surface area contributed by atoms with Crippen molar-refractivity contribution in [2.45, 2.75) is 40.0 Å². The van der Waals surface area contributed by atoms with Gasteiger partial charge >= 0.3 is 0 Å². The van der Waals surface area contributed by atoms with Crippen LogP contribution in [-0.2, 0) is 4.79 Å². The molecule has 0 atom stereocenters. The number of rotatable bonds is 7. The maximum absolute atomic E-state index is 11.4. The van der Waals surface area contributed by atoms with Gasteiger partial charge in [0.25, 0.3) is 0 Å². The quantitative estimate of drug-likeness (QED) is 0.783. The lowest BCUT2D eigenvalue weighted by Gasteiger charge is -2.25. The molecule has 1 rings (SSSR count). The van der Waals surface area contributed by atoms with E-state index in [1.165, 1.54) is 0 Å². The highest BCUT2D eigenvalue weighted by Gasteiger charge is 2.17. The fraction of sp³-hybridized carbons (Fsp3) is 0.500. The SMILES string of the molecule is CCC(=O)Nc1ccc(Cl)c(NCC(C)(C)CCC#N)c1. The van der Waals surface area contributed by atoms with Gasteiger partial charge in [-0.2, -0.15) is 5.26 Å². The van der Waals surface area contributed by atoms with Crippen molar-refractivity contribution in [2.24, 2.45) is 5.41 Å². The Labute approximate surface area is 131 Å². The van der Waals surface area contributed by atoms with Crippen molar-refractivity contribution < 1.29 is 4.79 Å². The van der Waals surface area contributed by atoms with E-state index in [0.717, 1.165) is 17.8 Å². The summed E-state index contributed by atoms with van der Waals surface area (Å²) in [7, 11) is 0. The first-order valence-corrected chi connectivity index (χ1v) is 7.46. The summed E-state index contributed by atoms with van der Waals surface area (Å²) in [6, 6.07) is 7.54. The number of hydrogen-bond acceptors (Lipinski definition) is 3. The number of carbonyl (C=O) groups is 1. The molecular formula is C16H22ClN3O. The normalized spacial score (nSPS) is 10.8. The number of nitrogens with zero attached hydrogens (tertiary/aromatic N) is 1. The Morgan fingerprint density at radius 2 is 2.14 bits per heavy atom. The van der Waals surface area contributed by atoms with Gasteiger partial charge in [-0.3, -0.25) is 4.79 Å². The molecule has 114 valence electrons. The zero-order valence-electron chi connectivity index (χ0n) is 12.8. The lowest BCUT2D eigenvalue weighted by Crippen LogP contribution is -2.23. The molecule has 21 heavy (non-hydrogen) atoms. The third-order valence-corrected chi connectivity index (χ3v) is 3.57. The summed E-state index contributed by atoms with van der Waals surface area (Å²) >= 11 is 6.17. The Morgan fingerprint density at radius 1 is 1.43 bits per heavy atom. The molecule has 0 radical (unpaired) electrons. The van der Waals surface area contributed by atoms with Crippen LogP contribution in [0.1, 0.15) is 40.0 Å². The smallest absolute Gasteiger partial charge is 0.224 e. The summed E-state index contributed by atoms with van der Waals surface area (Å²) in [6.07, 6.45) is 1.79. The molecule has 4 nitrogen and oxygen atoms in total. The fourth-order valence-electron chi connectivity index (χ4n) is 1.81. The number of carbonyl (C=O) groups excluding carboxylic acids is 1. The molecule has 0 unspecified atom stereocenters. The van der Waals surface area contributed by atoms with Gasteiger partial charge in [-0.05, 0) is 30.0 Å². The second-order valence-electron chi connectivity index (χ2n) is 5.77. The Hall–Kier alpha value is -1.73. The van der Waals surface area contributed by atoms with Crippen LogP contribution in [0, 0.1) is 16.7 Å². The molecule has 1 amide bonds. The van der Waals surface area contributed by atoms with Crippen molar-refractivity contribution in [3.8, 4) is 6.07 Å². The second-order valence-corrected chi connectivity index (χ2v) is 6.18. The Kier molecular flexibility index (Phi) is 6.51. The average molecular weight is 308 g/mol. The topological polar surface area (TPSA) is 64.9 Å². The van der Waals surface area contributed by atoms with Crippen molar-refractivity contribution >= 4 is 28.9 Å². The van der Waals surface area contributed by atoms with Crippen LogP contribution in [0.2, 0.25) is 5.02 Å². The lowest BCUT2D eigenvalue weighted by molar-refractivity contribution is -0.115. The third kappa shape index (κ3) is 6.05. The fourth-order valence-corrected chi connectivity index (χ4v) is 1.99. The van der Waals surface area contributed by atoms with Gasteiger partial charge in [0.05, 0.1) is 16.8 Å². The number of nitriles is 1. The summed E-state index contributed by atoms with van der Waals surface area (Å²) < 4.78 is 0. The van der Waals surface area contributed by atoms with E-state index in [-0.39, 0.29) is 11.3 Å². The zero-order valence-corrected chi connectivity index (χ0v) is 13.5. The summed E-state index contributed by atoms with van der Waals surface area (Å²) in [6.45, 7) is 6.73. The van der Waals surface area contributed by atoms with Gasteiger partial charge in [-0.1, -0.05) is 32.4 Å². The Morgan fingerprint density at radius 3 is 2.76 bits per heavy atom. The van der Waals surface area contributed by atoms with E-state index >= 15 is 0 Å². The van der Waals surface area contributed by atoms with Crippen LogP contribution in [-0.4, -0.2) is 12.5 Å². The van der Waals surface area contributed by atoms with Crippen molar-refractivity contribution in [3.63, 3.8) is 0 Å². The first kappa shape index (κ1) is 17.3. The van der Waals surface area contributed by atoms with Crippen LogP contribution in [0.25, 0.3) is 0 Å². The lowest BCUT2D eigenvalue weighted by atomic mass is 9.88. The molecule has 0 fully saturated rings. The molecule has 0 heterocycles. The second kappa shape index (κ2) is 7.90. The van der Waals surface area contributed by atoms with Crippen molar-refractivity contribution in [3.05, 3.63) is 23.2 Å². The molecule has 0 aromatic heterocycles. The van der Waals surface area contributed by atoms with E-state index in [0.29, 0.717) is 24.4 Å². The average Bonchev–Trinajstić information content (AvgIpc) is 2.45. The van der Waals surface area contributed by atoms with E-state index in [1.54, 1.807) is 12.1 Å². The van der Waals surface area contributed by atoms with Crippen LogP contribution in [0.3, 0.4) is 0 Å². The number of amides is 1. The number of nitrogens with one attached hydrogen (secondary N) is 2. The molecule has 2 N–H and O–H groups in total. The Balaban J connectivity index is 2.72. The monoisotopic (exact) mass is 307 g/mol. The number of anilines is 2. The van der Waals surface area contributed by atoms with Crippen molar-refractivity contribution in [1.82, 2.24) is 0 Å². The molecule has 0 aliphatic heterocycles. The highest BCUT2D eigenvalue weighted by molar-refractivity contribution is 6.33. The van der Waals surface area contributed by atoms with E-state index in [4.69, 9.17) is 16.9 Å². The minimum absolute atomic E-state index is 0.00172. The maximum atomic E-state index is 11.4. The molecule has 0 aliphatic rings. The van der Waals surface area contributed by atoms with Crippen molar-refractivity contribution in [1.29, 1.82) is 5.26 Å². The third-order valence-electron chi connectivity index (χ3n) is 3.24. The minimum Gasteiger partial charge on any atom is -0.383 e. The van der Waals surface area contributed by atoms with Gasteiger partial charge in [0.2, 0.25) is 5.91 Å². The molecule has 0 saturated heterocycles. The zero-order chi connectivity index (χ0) is 15.9. The standard InChI is InChI=1S/C16H22ClN3O/c1-4-15(21)20-12-6-7-13(17)14(10-12)19-11-16(2,3)8-5-9-18/h6-7,10,19H,4-5,8,11H2,1-3H3,(H,20,21). The number of benzene rings is 1. The molecule has 5 heteroatoms. The molecule has 0 saturated carbocycles. The van der Waals surface area contributed by atoms with Gasteiger partial charge in [0.15, 0.2) is 0 Å². The first-order chi connectivity index (χ1) is 9.88. The Bertz CT molecular complexity index is 535. The van der Waals surface area contributed by atoms with Gasteiger partial charge in [0, 0.05) is 25.1 Å². The molecule has 1 aromatic rings. The van der Waals surface area contributed by atoms with Crippen LogP contribution < -0.4 is 10.6 Å². The summed E-state index contributed by atoms with van der Waals surface area (Å²) in [5, 5.41) is 15.4. The van der Waals surface area contributed by atoms with Gasteiger partial charge in [-0.25, -0.2) is 0 Å². The van der Waals surface area contributed by atoms with Crippen LogP contribution >= 0.6 is 11.6 Å². The number of halogens is 1. The molecule has 0 spiro atoms. The van der Waals surface area contributed by atoms with Crippen LogP contribution in [0.4, 0.5) is 11.4 Å². The first-order valence-electron chi connectivity index (χ1n) is 7.08. The highest BCUT2D eigenvalue weighted by Crippen LogP contribution is 2.28. The van der Waals surface area contributed by atoms with Gasteiger partial charge in [0.1, 0.15) is 0 Å². The number of hydrogen-bond donors (Lipinski definition) is 2. The van der Waals surface area contributed by atoms with Crippen LogP contribution in [0.5, 0.6) is 0 Å². The summed E-state index contributed by atoms with van der Waals surface area (Å²) in [4.78, 5) is 11.4. The molecule has 1 aromatic carbocycles. The predicted octanol–water partition coefficient (Wildman–Crippen LogP) is 4.43. The van der Waals surface area contributed by atoms with E-state index in [9.17, 15) is 4.79 Å². The van der Waals surface area contributed by atoms with E-state index in [1.807, 2.05) is 13.0 Å².